The summed E-state index contributed by atoms with van der Waals surface area (Å²) in [6.07, 6.45) is 0. The fourth-order valence-corrected chi connectivity index (χ4v) is 101. The summed E-state index contributed by atoms with van der Waals surface area (Å²) in [5.41, 5.74) is 0. The molecule has 10 aliphatic rings. The van der Waals surface area contributed by atoms with E-state index in [1.807, 2.05) is 0 Å². The summed E-state index contributed by atoms with van der Waals surface area (Å²) in [6.45, 7) is -0.575. The Labute approximate surface area is 98.6 Å². The van der Waals surface area contributed by atoms with Gasteiger partial charge in [0.25, 0.3) is 0 Å². The van der Waals surface area contributed by atoms with Crippen LogP contribution in [0.1, 0.15) is 6.92 Å². The van der Waals surface area contributed by atoms with Gasteiger partial charge in [-0.15, -0.1) is 0 Å². The molecule has 10 rings (SSSR count). The van der Waals surface area contributed by atoms with Crippen molar-refractivity contribution in [1.82, 2.24) is 0 Å². The minimum absolute atomic E-state index is 0.390. The van der Waals surface area contributed by atoms with Gasteiger partial charge in [-0.2, -0.15) is 0 Å². The van der Waals surface area contributed by atoms with Crippen LogP contribution in [0.3, 0.4) is 0 Å². The third-order valence-corrected chi connectivity index (χ3v) is 61.6. The van der Waals surface area contributed by atoms with Gasteiger partial charge in [-0.05, 0) is 0 Å². The van der Waals surface area contributed by atoms with Gasteiger partial charge in [0.05, 0.1) is 0 Å². The molecule has 0 radical (unpaired) electrons. The Bertz CT molecular complexity index is 996. The number of halogens is 3. The SMILES string of the molecule is C[C]12[CH]3[CH]4[CH]5[CH]1[Fe]45321678[CH]2[CH]1[CH]6[C]7(C(Cl)(Cl)Cl)[CH]28. The summed E-state index contributed by atoms with van der Waals surface area (Å²) < 4.78 is 0.379. The first-order chi connectivity index (χ1) is 7.18. The van der Waals surface area contributed by atoms with Crippen LogP contribution in [0.2, 0.25) is 47.2 Å². The maximum atomic E-state index is 6.57. The Hall–Kier alpha value is 1.39. The molecule has 1 spiro atoms. The third kappa shape index (κ3) is 0.0570. The standard InChI is InChI=1S/C6H4Cl3.C6H7.Fe/c7-6(8,9)5-3-1-2-4-5;1-6-4-2-3-5-6;/h1-4H;2-5H,1H3;. The van der Waals surface area contributed by atoms with Gasteiger partial charge < -0.3 is 0 Å². The number of alkyl halides is 3. The van der Waals surface area contributed by atoms with Crippen molar-refractivity contribution in [2.75, 3.05) is 0 Å². The average Bonchev–Trinajstić information content (AvgIpc) is 3.08. The molecular formula is C12H11Cl3Fe. The van der Waals surface area contributed by atoms with Crippen LogP contribution in [-0.2, 0) is 6.51 Å². The molecule has 0 amide bonds. The first kappa shape index (κ1) is 6.71. The molecule has 8 atom stereocenters. The van der Waals surface area contributed by atoms with Crippen molar-refractivity contribution in [2.24, 2.45) is 0 Å². The second-order valence-electron chi connectivity index (χ2n) is 10.7. The summed E-state index contributed by atoms with van der Waals surface area (Å²) in [6, 6.07) is 0. The Morgan fingerprint density at radius 1 is 0.875 bits per heavy atom. The van der Waals surface area contributed by atoms with Crippen molar-refractivity contribution in [3.05, 3.63) is 0 Å². The zero-order valence-electron chi connectivity index (χ0n) is 8.61. The molecule has 88 valence electrons. The van der Waals surface area contributed by atoms with E-state index in [1.54, 1.807) is 0 Å². The van der Waals surface area contributed by atoms with Gasteiger partial charge in [-0.1, -0.05) is 0 Å². The Kier molecular flexibility index (Phi) is 0.208. The van der Waals surface area contributed by atoms with Crippen molar-refractivity contribution in [1.29, 1.82) is 0 Å². The summed E-state index contributed by atoms with van der Waals surface area (Å²) in [5.74, 6) is 0. The zero-order valence-corrected chi connectivity index (χ0v) is 12.0. The van der Waals surface area contributed by atoms with E-state index in [1.165, 1.54) is 28.9 Å². The molecule has 0 saturated carbocycles. The van der Waals surface area contributed by atoms with Crippen LogP contribution in [0.5, 0.6) is 0 Å². The van der Waals surface area contributed by atoms with E-state index >= 15 is 0 Å². The Morgan fingerprint density at radius 3 is 1.38 bits per heavy atom. The van der Waals surface area contributed by atoms with Gasteiger partial charge in [-0.3, -0.25) is 0 Å². The molecule has 8 unspecified atom stereocenters. The van der Waals surface area contributed by atoms with Crippen molar-refractivity contribution >= 4 is 34.8 Å². The minimum atomic E-state index is -3.25. The summed E-state index contributed by atoms with van der Waals surface area (Å²) in [4.78, 5) is 9.54. The molecule has 10 saturated heterocycles. The van der Waals surface area contributed by atoms with E-state index in [9.17, 15) is 0 Å². The predicted octanol–water partition coefficient (Wildman–Crippen LogP) is 5.51. The fourth-order valence-electron chi connectivity index (χ4n) is 18.4. The average molecular weight is 317 g/mol. The van der Waals surface area contributed by atoms with Gasteiger partial charge in [-0.25, -0.2) is 0 Å². The molecular weight excluding hydrogens is 306 g/mol. The molecule has 0 aromatic carbocycles. The molecule has 10 aliphatic heterocycles. The van der Waals surface area contributed by atoms with E-state index in [4.69, 9.17) is 34.8 Å². The fraction of sp³-hybridized carbons (Fsp3) is 1.00. The van der Waals surface area contributed by atoms with Crippen LogP contribution in [0.4, 0.5) is 0 Å². The van der Waals surface area contributed by atoms with E-state index in [0.717, 1.165) is 13.9 Å². The summed E-state index contributed by atoms with van der Waals surface area (Å²) in [5, 5.41) is 0. The summed E-state index contributed by atoms with van der Waals surface area (Å²) >= 11 is 19.7. The van der Waals surface area contributed by atoms with Gasteiger partial charge in [0.15, 0.2) is 0 Å². The molecule has 0 aromatic heterocycles. The maximum absolute atomic E-state index is 6.57. The van der Waals surface area contributed by atoms with Crippen molar-refractivity contribution in [3.8, 4) is 0 Å². The monoisotopic (exact) mass is 316 g/mol. The van der Waals surface area contributed by atoms with Gasteiger partial charge in [0.2, 0.25) is 0 Å². The number of hydrogen-bond acceptors (Lipinski definition) is 0. The van der Waals surface area contributed by atoms with E-state index in [-0.39, 0.29) is 0 Å². The first-order valence-electron chi connectivity index (χ1n) is 6.46. The molecule has 0 nitrogen and oxygen atoms in total. The van der Waals surface area contributed by atoms with Crippen LogP contribution in [0.25, 0.3) is 0 Å². The van der Waals surface area contributed by atoms with Crippen LogP contribution in [0.15, 0.2) is 0 Å². The van der Waals surface area contributed by atoms with Gasteiger partial charge in [0, 0.05) is 0 Å². The van der Waals surface area contributed by atoms with Crippen LogP contribution in [0, 0.1) is 0 Å². The normalized spacial score (nSPS) is 132. The topological polar surface area (TPSA) is 0 Å². The molecule has 0 bridgehead atoms. The number of rotatable bonds is 0. The predicted molar refractivity (Wildman–Crippen MR) is 61.4 cm³/mol. The molecule has 4 heteroatoms. The first-order valence-corrected chi connectivity index (χ1v) is 13.8. The Morgan fingerprint density at radius 2 is 1.31 bits per heavy atom. The van der Waals surface area contributed by atoms with Gasteiger partial charge in [0.1, 0.15) is 0 Å². The molecule has 10 fully saturated rings. The molecule has 10 heterocycles. The molecule has 0 aliphatic carbocycles. The second-order valence-corrected chi connectivity index (χ2v) is 36.4. The summed E-state index contributed by atoms with van der Waals surface area (Å²) in [7, 11) is 0. The quantitative estimate of drug-likeness (QED) is 0.408. The molecule has 0 N–H and O–H groups in total. The molecule has 16 heavy (non-hydrogen) atoms. The zero-order chi connectivity index (χ0) is 10.4. The third-order valence-electron chi connectivity index (χ3n) is 16.0. The van der Waals surface area contributed by atoms with E-state index < -0.39 is 10.3 Å². The number of fused-ring (bicyclic) bond motifs is 10. The van der Waals surface area contributed by atoms with Crippen molar-refractivity contribution in [2.45, 2.75) is 57.9 Å². The van der Waals surface area contributed by atoms with Crippen molar-refractivity contribution in [3.63, 3.8) is 0 Å². The van der Waals surface area contributed by atoms with Crippen molar-refractivity contribution < 1.29 is 6.51 Å². The Balaban J connectivity index is 1.82. The van der Waals surface area contributed by atoms with Crippen LogP contribution >= 0.6 is 34.8 Å². The van der Waals surface area contributed by atoms with Gasteiger partial charge >= 0.3 is 99.2 Å². The van der Waals surface area contributed by atoms with E-state index in [2.05, 4.69) is 6.92 Å². The number of hydrogen-bond donors (Lipinski definition) is 0. The van der Waals surface area contributed by atoms with E-state index in [0.29, 0.717) is 4.31 Å². The second kappa shape index (κ2) is 0.497. The van der Waals surface area contributed by atoms with Crippen LogP contribution in [-0.4, -0.2) is 3.79 Å². The molecule has 0 aromatic rings. The van der Waals surface area contributed by atoms with Crippen LogP contribution < -0.4 is 0 Å².